The molecule has 0 aliphatic heterocycles. The molecule has 0 unspecified atom stereocenters. The molecule has 0 saturated heterocycles. The first-order chi connectivity index (χ1) is 18.8. The van der Waals surface area contributed by atoms with Crippen LogP contribution in [0.15, 0.2) is 29.0 Å². The summed E-state index contributed by atoms with van der Waals surface area (Å²) in [5, 5.41) is 16.9. The number of hydrogen-bond acceptors (Lipinski definition) is 9. The van der Waals surface area contributed by atoms with Crippen molar-refractivity contribution in [1.29, 1.82) is 0 Å². The Hall–Kier alpha value is -2.63. The van der Waals surface area contributed by atoms with Crippen molar-refractivity contribution in [2.75, 3.05) is 7.11 Å². The lowest BCUT2D eigenvalue weighted by atomic mass is 9.83. The third kappa shape index (κ3) is 5.04. The minimum absolute atomic E-state index is 0.106. The molecule has 0 amide bonds. The zero-order valence-corrected chi connectivity index (χ0v) is 23.2. The molecule has 3 aromatic heterocycles. The molecule has 12 heteroatoms. The number of halogens is 3. The molecule has 2 saturated carbocycles. The SMILES string of the molecule is COC(=O)c1cc(F)c2nc(C3(O)CCC(OCc4c(-c5c(Cl)cncc5Cl)noc4C4CC4)CC3)sc2c1. The number of fused-ring (bicyclic) bond motifs is 1. The first-order valence-electron chi connectivity index (χ1n) is 12.6. The van der Waals surface area contributed by atoms with Crippen LogP contribution in [0.25, 0.3) is 21.5 Å². The Morgan fingerprint density at radius 3 is 2.59 bits per heavy atom. The normalized spacial score (nSPS) is 21.4. The fourth-order valence-corrected chi connectivity index (χ4v) is 6.74. The van der Waals surface area contributed by atoms with Crippen LogP contribution in [0.2, 0.25) is 10.0 Å². The second kappa shape index (κ2) is 10.4. The summed E-state index contributed by atoms with van der Waals surface area (Å²) in [6, 6.07) is 2.65. The van der Waals surface area contributed by atoms with Crippen molar-refractivity contribution in [1.82, 2.24) is 15.1 Å². The average Bonchev–Trinajstić information content (AvgIpc) is 3.52. The van der Waals surface area contributed by atoms with Gasteiger partial charge >= 0.3 is 5.97 Å². The van der Waals surface area contributed by atoms with Crippen LogP contribution in [-0.2, 0) is 21.7 Å². The number of aliphatic hydroxyl groups is 1. The molecule has 204 valence electrons. The van der Waals surface area contributed by atoms with Gasteiger partial charge in [0.05, 0.1) is 40.1 Å². The second-order valence-corrected chi connectivity index (χ2v) is 11.8. The Morgan fingerprint density at radius 2 is 1.92 bits per heavy atom. The van der Waals surface area contributed by atoms with Gasteiger partial charge in [0.1, 0.15) is 27.6 Å². The van der Waals surface area contributed by atoms with Gasteiger partial charge in [0, 0.05) is 29.4 Å². The number of carbonyl (C=O) groups is 1. The maximum absolute atomic E-state index is 14.6. The molecule has 2 aliphatic carbocycles. The van der Waals surface area contributed by atoms with Gasteiger partial charge in [0.15, 0.2) is 5.82 Å². The molecular weight excluding hydrogens is 568 g/mol. The Balaban J connectivity index is 1.17. The van der Waals surface area contributed by atoms with E-state index >= 15 is 0 Å². The number of thiazole rings is 1. The zero-order valence-electron chi connectivity index (χ0n) is 20.9. The van der Waals surface area contributed by atoms with Crippen LogP contribution in [0, 0.1) is 5.82 Å². The molecule has 0 bridgehead atoms. The number of esters is 1. The first-order valence-corrected chi connectivity index (χ1v) is 14.2. The first kappa shape index (κ1) is 26.6. The predicted molar refractivity (Wildman–Crippen MR) is 144 cm³/mol. The molecule has 2 aliphatic rings. The van der Waals surface area contributed by atoms with Gasteiger partial charge < -0.3 is 19.1 Å². The van der Waals surface area contributed by atoms with Gasteiger partial charge in [-0.3, -0.25) is 4.98 Å². The number of ether oxygens (including phenoxy) is 2. The van der Waals surface area contributed by atoms with Crippen LogP contribution in [-0.4, -0.2) is 39.4 Å². The molecule has 1 aromatic carbocycles. The summed E-state index contributed by atoms with van der Waals surface area (Å²) in [5.74, 6) is -0.151. The van der Waals surface area contributed by atoms with Gasteiger partial charge in [0.2, 0.25) is 0 Å². The quantitative estimate of drug-likeness (QED) is 0.234. The van der Waals surface area contributed by atoms with E-state index in [-0.39, 0.29) is 23.8 Å². The topological polar surface area (TPSA) is 108 Å². The molecule has 39 heavy (non-hydrogen) atoms. The highest BCUT2D eigenvalue weighted by molar-refractivity contribution is 7.18. The molecule has 2 fully saturated rings. The highest BCUT2D eigenvalue weighted by Gasteiger charge is 2.39. The van der Waals surface area contributed by atoms with E-state index in [1.807, 2.05) is 0 Å². The van der Waals surface area contributed by atoms with Gasteiger partial charge in [-0.2, -0.15) is 0 Å². The summed E-state index contributed by atoms with van der Waals surface area (Å²) in [7, 11) is 1.24. The van der Waals surface area contributed by atoms with Crippen molar-refractivity contribution < 1.29 is 28.3 Å². The van der Waals surface area contributed by atoms with Crippen LogP contribution >= 0.6 is 34.5 Å². The Kier molecular flexibility index (Phi) is 7.09. The Labute approximate surface area is 237 Å². The maximum atomic E-state index is 14.6. The van der Waals surface area contributed by atoms with Crippen molar-refractivity contribution in [3.8, 4) is 11.3 Å². The molecule has 0 spiro atoms. The van der Waals surface area contributed by atoms with E-state index in [1.54, 1.807) is 6.07 Å². The van der Waals surface area contributed by atoms with E-state index in [4.69, 9.17) is 37.2 Å². The van der Waals surface area contributed by atoms with Crippen molar-refractivity contribution >= 4 is 50.7 Å². The molecule has 6 rings (SSSR count). The number of aromatic nitrogens is 3. The third-order valence-corrected chi connectivity index (χ3v) is 9.12. The van der Waals surface area contributed by atoms with E-state index in [2.05, 4.69) is 15.1 Å². The van der Waals surface area contributed by atoms with Crippen LogP contribution in [0.3, 0.4) is 0 Å². The number of benzene rings is 1. The lowest BCUT2D eigenvalue weighted by molar-refractivity contribution is -0.0641. The zero-order chi connectivity index (χ0) is 27.3. The van der Waals surface area contributed by atoms with Crippen LogP contribution < -0.4 is 0 Å². The Morgan fingerprint density at radius 1 is 1.21 bits per heavy atom. The van der Waals surface area contributed by atoms with Gasteiger partial charge in [-0.1, -0.05) is 28.4 Å². The molecule has 0 atom stereocenters. The maximum Gasteiger partial charge on any atom is 0.338 e. The predicted octanol–water partition coefficient (Wildman–Crippen LogP) is 6.80. The molecule has 0 radical (unpaired) electrons. The van der Waals surface area contributed by atoms with Crippen molar-refractivity contribution in [2.24, 2.45) is 0 Å². The highest BCUT2D eigenvalue weighted by atomic mass is 35.5. The summed E-state index contributed by atoms with van der Waals surface area (Å²) in [6.07, 6.45) is 6.95. The summed E-state index contributed by atoms with van der Waals surface area (Å²) in [5.41, 5.74) is 0.992. The van der Waals surface area contributed by atoms with Gasteiger partial charge in [0.25, 0.3) is 0 Å². The fraction of sp³-hybridized carbons (Fsp3) is 0.407. The van der Waals surface area contributed by atoms with Gasteiger partial charge in [-0.25, -0.2) is 14.2 Å². The van der Waals surface area contributed by atoms with Gasteiger partial charge in [-0.15, -0.1) is 11.3 Å². The molecule has 8 nitrogen and oxygen atoms in total. The summed E-state index contributed by atoms with van der Waals surface area (Å²) in [6.45, 7) is 0.269. The highest BCUT2D eigenvalue weighted by Crippen LogP contribution is 2.47. The minimum atomic E-state index is -1.21. The van der Waals surface area contributed by atoms with E-state index in [0.29, 0.717) is 62.6 Å². The standard InChI is InChI=1S/C27H24Cl2FN3O5S/c1-36-25(34)14-8-19(30)23-20(9-14)39-26(32-23)27(35)6-4-15(5-7-27)37-12-16-22(33-38-24(16)13-2-3-13)21-17(28)10-31-11-18(21)29/h8-11,13,15,35H,2-7,12H2,1H3. The number of carbonyl (C=O) groups excluding carboxylic acids is 1. The summed E-state index contributed by atoms with van der Waals surface area (Å²) >= 11 is 14.0. The Bertz CT molecular complexity index is 1540. The number of hydrogen-bond donors (Lipinski definition) is 1. The van der Waals surface area contributed by atoms with Crippen LogP contribution in [0.5, 0.6) is 0 Å². The van der Waals surface area contributed by atoms with E-state index in [9.17, 15) is 14.3 Å². The summed E-state index contributed by atoms with van der Waals surface area (Å²) in [4.78, 5) is 20.3. The van der Waals surface area contributed by atoms with Crippen molar-refractivity contribution in [2.45, 2.75) is 62.8 Å². The second-order valence-electron chi connectivity index (χ2n) is 9.98. The number of methoxy groups -OCH3 is 1. The van der Waals surface area contributed by atoms with E-state index in [0.717, 1.165) is 30.2 Å². The van der Waals surface area contributed by atoms with Crippen LogP contribution in [0.1, 0.15) is 71.1 Å². The molecule has 1 N–H and O–H groups in total. The van der Waals surface area contributed by atoms with E-state index < -0.39 is 17.4 Å². The number of pyridine rings is 1. The summed E-state index contributed by atoms with van der Waals surface area (Å²) < 4.78 is 31.9. The third-order valence-electron chi connectivity index (χ3n) is 7.35. The van der Waals surface area contributed by atoms with Crippen molar-refractivity contribution in [3.63, 3.8) is 0 Å². The number of rotatable bonds is 7. The minimum Gasteiger partial charge on any atom is -0.465 e. The van der Waals surface area contributed by atoms with Gasteiger partial charge in [-0.05, 0) is 50.7 Å². The molecule has 4 aromatic rings. The lowest BCUT2D eigenvalue weighted by Gasteiger charge is -2.34. The monoisotopic (exact) mass is 591 g/mol. The molecular formula is C27H24Cl2FN3O5S. The number of nitrogens with zero attached hydrogens (tertiary/aromatic N) is 3. The lowest BCUT2D eigenvalue weighted by Crippen LogP contribution is -2.34. The largest absolute Gasteiger partial charge is 0.465 e. The van der Waals surface area contributed by atoms with Crippen LogP contribution in [0.4, 0.5) is 4.39 Å². The smallest absolute Gasteiger partial charge is 0.338 e. The average molecular weight is 592 g/mol. The molecule has 3 heterocycles. The fourth-order valence-electron chi connectivity index (χ4n) is 5.04. The van der Waals surface area contributed by atoms with Crippen molar-refractivity contribution in [3.05, 3.63) is 62.3 Å². The van der Waals surface area contributed by atoms with E-state index in [1.165, 1.54) is 30.8 Å².